The quantitative estimate of drug-likeness (QED) is 0.538. The fourth-order valence-corrected chi connectivity index (χ4v) is 3.87. The molecule has 0 heterocycles. The number of rotatable bonds is 4. The van der Waals surface area contributed by atoms with Crippen molar-refractivity contribution in [2.75, 3.05) is 11.6 Å². The zero-order chi connectivity index (χ0) is 17.2. The van der Waals surface area contributed by atoms with E-state index in [2.05, 4.69) is 48.0 Å². The molecule has 0 fully saturated rings. The average Bonchev–Trinajstić information content (AvgIpc) is 3.00. The standard InChI is InChI=1S/C22H19NOS/c1-25-14-15-6-8-16(9-7-15)22(24)23-19-10-11-21-18(13-19)12-17-4-2-3-5-20(17)21/h2-11,13H,12,14H2,1H3,(H,23,24). The molecule has 1 amide bonds. The highest BCUT2D eigenvalue weighted by atomic mass is 32.2. The number of anilines is 1. The summed E-state index contributed by atoms with van der Waals surface area (Å²) in [4.78, 5) is 12.5. The van der Waals surface area contributed by atoms with Crippen LogP contribution in [0.4, 0.5) is 5.69 Å². The monoisotopic (exact) mass is 345 g/mol. The van der Waals surface area contributed by atoms with Crippen molar-refractivity contribution in [2.45, 2.75) is 12.2 Å². The largest absolute Gasteiger partial charge is 0.322 e. The van der Waals surface area contributed by atoms with Gasteiger partial charge in [0.15, 0.2) is 0 Å². The first-order valence-corrected chi connectivity index (χ1v) is 9.74. The van der Waals surface area contributed by atoms with E-state index in [1.807, 2.05) is 30.3 Å². The van der Waals surface area contributed by atoms with E-state index < -0.39 is 0 Å². The summed E-state index contributed by atoms with van der Waals surface area (Å²) < 4.78 is 0. The Bertz CT molecular complexity index is 931. The smallest absolute Gasteiger partial charge is 0.255 e. The number of fused-ring (bicyclic) bond motifs is 3. The highest BCUT2D eigenvalue weighted by molar-refractivity contribution is 7.97. The highest BCUT2D eigenvalue weighted by Gasteiger charge is 2.18. The first kappa shape index (κ1) is 16.0. The van der Waals surface area contributed by atoms with Crippen LogP contribution in [-0.2, 0) is 12.2 Å². The molecule has 4 rings (SSSR count). The van der Waals surface area contributed by atoms with E-state index in [-0.39, 0.29) is 5.91 Å². The molecule has 0 aromatic heterocycles. The van der Waals surface area contributed by atoms with E-state index in [1.54, 1.807) is 11.8 Å². The van der Waals surface area contributed by atoms with Gasteiger partial charge in [0, 0.05) is 17.0 Å². The van der Waals surface area contributed by atoms with Gasteiger partial charge in [0.1, 0.15) is 0 Å². The van der Waals surface area contributed by atoms with E-state index in [1.165, 1.54) is 27.8 Å². The predicted molar refractivity (Wildman–Crippen MR) is 106 cm³/mol. The average molecular weight is 345 g/mol. The molecule has 0 spiro atoms. The zero-order valence-corrected chi connectivity index (χ0v) is 14.9. The lowest BCUT2D eigenvalue weighted by atomic mass is 10.1. The minimum Gasteiger partial charge on any atom is -0.322 e. The van der Waals surface area contributed by atoms with Crippen molar-refractivity contribution in [3.05, 3.63) is 89.0 Å². The van der Waals surface area contributed by atoms with Gasteiger partial charge in [0.25, 0.3) is 5.91 Å². The van der Waals surface area contributed by atoms with Crippen LogP contribution in [0.15, 0.2) is 66.7 Å². The maximum atomic E-state index is 12.5. The molecule has 3 heteroatoms. The lowest BCUT2D eigenvalue weighted by molar-refractivity contribution is 0.102. The number of amides is 1. The third-order valence-electron chi connectivity index (χ3n) is 4.58. The Morgan fingerprint density at radius 3 is 2.52 bits per heavy atom. The maximum Gasteiger partial charge on any atom is 0.255 e. The summed E-state index contributed by atoms with van der Waals surface area (Å²) in [6.07, 6.45) is 3.01. The number of thioether (sulfide) groups is 1. The maximum absolute atomic E-state index is 12.5. The molecule has 2 nitrogen and oxygen atoms in total. The van der Waals surface area contributed by atoms with Gasteiger partial charge in [-0.2, -0.15) is 11.8 Å². The van der Waals surface area contributed by atoms with E-state index >= 15 is 0 Å². The summed E-state index contributed by atoms with van der Waals surface area (Å²) in [5, 5.41) is 3.02. The second-order valence-corrected chi connectivity index (χ2v) is 7.16. The van der Waals surface area contributed by atoms with Crippen LogP contribution in [0.5, 0.6) is 0 Å². The molecular weight excluding hydrogens is 326 g/mol. The van der Waals surface area contributed by atoms with Crippen molar-refractivity contribution < 1.29 is 4.79 Å². The molecule has 25 heavy (non-hydrogen) atoms. The molecule has 1 N–H and O–H groups in total. The first-order chi connectivity index (χ1) is 12.2. The summed E-state index contributed by atoms with van der Waals surface area (Å²) in [5.74, 6) is 0.902. The molecule has 0 unspecified atom stereocenters. The lowest BCUT2D eigenvalue weighted by Gasteiger charge is -2.08. The predicted octanol–water partition coefficient (Wildman–Crippen LogP) is 5.37. The van der Waals surface area contributed by atoms with Gasteiger partial charge in [-0.1, -0.05) is 42.5 Å². The van der Waals surface area contributed by atoms with Crippen LogP contribution in [-0.4, -0.2) is 12.2 Å². The number of hydrogen-bond donors (Lipinski definition) is 1. The van der Waals surface area contributed by atoms with Crippen LogP contribution in [0, 0.1) is 0 Å². The molecular formula is C22H19NOS. The summed E-state index contributed by atoms with van der Waals surface area (Å²) in [6, 6.07) is 22.5. The summed E-state index contributed by atoms with van der Waals surface area (Å²) in [5.41, 5.74) is 7.98. The summed E-state index contributed by atoms with van der Waals surface area (Å²) in [7, 11) is 0. The first-order valence-electron chi connectivity index (χ1n) is 8.35. The van der Waals surface area contributed by atoms with Crippen LogP contribution >= 0.6 is 11.8 Å². The SMILES string of the molecule is CSCc1ccc(C(=O)Nc2ccc3c(c2)Cc2ccccc2-3)cc1. The van der Waals surface area contributed by atoms with Gasteiger partial charge in [-0.3, -0.25) is 4.79 Å². The molecule has 124 valence electrons. The Morgan fingerprint density at radius 1 is 0.960 bits per heavy atom. The Labute approximate surface area is 152 Å². The Hall–Kier alpha value is -2.52. The van der Waals surface area contributed by atoms with Gasteiger partial charge in [0.2, 0.25) is 0 Å². The third kappa shape index (κ3) is 3.20. The molecule has 0 atom stereocenters. The van der Waals surface area contributed by atoms with Crippen molar-refractivity contribution >= 4 is 23.4 Å². The van der Waals surface area contributed by atoms with Gasteiger partial charge in [-0.05, 0) is 64.8 Å². The summed E-state index contributed by atoms with van der Waals surface area (Å²) >= 11 is 1.78. The van der Waals surface area contributed by atoms with Gasteiger partial charge >= 0.3 is 0 Å². The van der Waals surface area contributed by atoms with E-state index in [4.69, 9.17) is 0 Å². The fourth-order valence-electron chi connectivity index (χ4n) is 3.35. The Morgan fingerprint density at radius 2 is 1.72 bits per heavy atom. The Balaban J connectivity index is 1.52. The van der Waals surface area contributed by atoms with Gasteiger partial charge in [-0.25, -0.2) is 0 Å². The molecule has 0 radical (unpaired) electrons. The van der Waals surface area contributed by atoms with Gasteiger partial charge < -0.3 is 5.32 Å². The van der Waals surface area contributed by atoms with Crippen molar-refractivity contribution in [2.24, 2.45) is 0 Å². The van der Waals surface area contributed by atoms with Crippen LogP contribution < -0.4 is 5.32 Å². The number of carbonyl (C=O) groups excluding carboxylic acids is 1. The second kappa shape index (κ2) is 6.77. The molecule has 0 saturated carbocycles. The van der Waals surface area contributed by atoms with Crippen molar-refractivity contribution in [3.8, 4) is 11.1 Å². The minimum absolute atomic E-state index is 0.0637. The molecule has 1 aliphatic carbocycles. The number of benzene rings is 3. The van der Waals surface area contributed by atoms with Crippen LogP contribution in [0.25, 0.3) is 11.1 Å². The number of carbonyl (C=O) groups is 1. The van der Waals surface area contributed by atoms with E-state index in [0.717, 1.165) is 17.9 Å². The van der Waals surface area contributed by atoms with Crippen LogP contribution in [0.1, 0.15) is 27.0 Å². The van der Waals surface area contributed by atoms with Crippen molar-refractivity contribution in [3.63, 3.8) is 0 Å². The van der Waals surface area contributed by atoms with Crippen molar-refractivity contribution in [1.82, 2.24) is 0 Å². The lowest BCUT2D eigenvalue weighted by Crippen LogP contribution is -2.12. The van der Waals surface area contributed by atoms with Gasteiger partial charge in [0.05, 0.1) is 0 Å². The van der Waals surface area contributed by atoms with E-state index in [9.17, 15) is 4.79 Å². The zero-order valence-electron chi connectivity index (χ0n) is 14.1. The molecule has 0 aliphatic heterocycles. The molecule has 3 aromatic rings. The topological polar surface area (TPSA) is 29.1 Å². The minimum atomic E-state index is -0.0637. The normalized spacial score (nSPS) is 11.7. The molecule has 3 aromatic carbocycles. The number of nitrogens with one attached hydrogen (secondary N) is 1. The third-order valence-corrected chi connectivity index (χ3v) is 5.20. The highest BCUT2D eigenvalue weighted by Crippen LogP contribution is 2.37. The molecule has 1 aliphatic rings. The molecule has 0 saturated heterocycles. The van der Waals surface area contributed by atoms with Crippen molar-refractivity contribution in [1.29, 1.82) is 0 Å². The van der Waals surface area contributed by atoms with E-state index in [0.29, 0.717) is 5.56 Å². The summed E-state index contributed by atoms with van der Waals surface area (Å²) in [6.45, 7) is 0. The van der Waals surface area contributed by atoms with Gasteiger partial charge in [-0.15, -0.1) is 0 Å². The van der Waals surface area contributed by atoms with Crippen LogP contribution in [0.3, 0.4) is 0 Å². The number of hydrogen-bond acceptors (Lipinski definition) is 2. The second-order valence-electron chi connectivity index (χ2n) is 6.29. The Kier molecular flexibility index (Phi) is 4.33. The van der Waals surface area contributed by atoms with Crippen LogP contribution in [0.2, 0.25) is 0 Å². The molecule has 0 bridgehead atoms. The fraction of sp³-hybridized carbons (Fsp3) is 0.136.